The van der Waals surface area contributed by atoms with E-state index in [-0.39, 0.29) is 4.90 Å². The van der Waals surface area contributed by atoms with Crippen molar-refractivity contribution in [2.24, 2.45) is 0 Å². The summed E-state index contributed by atoms with van der Waals surface area (Å²) in [5.74, 6) is -1.32. The third-order valence-electron chi connectivity index (χ3n) is 4.46. The van der Waals surface area contributed by atoms with E-state index in [1.807, 2.05) is 6.92 Å². The average Bonchev–Trinajstić information content (AvgIpc) is 2.77. The van der Waals surface area contributed by atoms with Gasteiger partial charge >= 0.3 is 5.97 Å². The van der Waals surface area contributed by atoms with Gasteiger partial charge in [0.25, 0.3) is 0 Å². The van der Waals surface area contributed by atoms with Gasteiger partial charge in [0, 0.05) is 16.1 Å². The molecule has 0 saturated heterocycles. The Bertz CT molecular complexity index is 1160. The Morgan fingerprint density at radius 3 is 2.16 bits per heavy atom. The van der Waals surface area contributed by atoms with Crippen LogP contribution in [0.15, 0.2) is 83.8 Å². The maximum absolute atomic E-state index is 13.0. The highest BCUT2D eigenvalue weighted by Gasteiger charge is 2.27. The van der Waals surface area contributed by atoms with Crippen LogP contribution in [0.5, 0.6) is 0 Å². The molecule has 31 heavy (non-hydrogen) atoms. The highest BCUT2D eigenvalue weighted by atomic mass is 35.5. The van der Waals surface area contributed by atoms with Crippen LogP contribution in [0.25, 0.3) is 0 Å². The Morgan fingerprint density at radius 2 is 1.55 bits per heavy atom. The van der Waals surface area contributed by atoms with Crippen LogP contribution in [-0.2, 0) is 19.6 Å². The molecule has 0 unspecified atom stereocenters. The lowest BCUT2D eigenvalue weighted by molar-refractivity contribution is -0.145. The number of ether oxygens (including phenoxy) is 1. The molecule has 3 aromatic carbocycles. The van der Waals surface area contributed by atoms with E-state index in [0.29, 0.717) is 16.1 Å². The van der Waals surface area contributed by atoms with Crippen LogP contribution in [0, 0.1) is 6.92 Å². The van der Waals surface area contributed by atoms with E-state index in [4.69, 9.17) is 16.3 Å². The molecule has 8 heteroatoms. The number of hydrogen-bond donors (Lipinski definition) is 1. The van der Waals surface area contributed by atoms with Crippen molar-refractivity contribution in [3.63, 3.8) is 0 Å². The number of Topliss-reactive ketones (excluding diaryl/α,β-unsaturated/α-hetero) is 1. The lowest BCUT2D eigenvalue weighted by Gasteiger charge is -2.18. The Labute approximate surface area is 185 Å². The highest BCUT2D eigenvalue weighted by Crippen LogP contribution is 2.24. The first-order valence-electron chi connectivity index (χ1n) is 9.37. The average molecular weight is 458 g/mol. The van der Waals surface area contributed by atoms with E-state index in [2.05, 4.69) is 4.72 Å². The minimum absolute atomic E-state index is 0.0283. The van der Waals surface area contributed by atoms with Crippen LogP contribution in [0.1, 0.15) is 27.6 Å². The first-order chi connectivity index (χ1) is 14.8. The van der Waals surface area contributed by atoms with E-state index in [1.54, 1.807) is 66.7 Å². The normalized spacial score (nSPS) is 12.2. The zero-order valence-corrected chi connectivity index (χ0v) is 18.2. The van der Waals surface area contributed by atoms with E-state index in [9.17, 15) is 18.0 Å². The molecule has 0 aromatic heterocycles. The quantitative estimate of drug-likeness (QED) is 0.406. The number of halogens is 1. The lowest BCUT2D eigenvalue weighted by Crippen LogP contribution is -2.32. The number of nitrogens with one attached hydrogen (secondary N) is 1. The molecular weight excluding hydrogens is 438 g/mol. The molecule has 1 atom stereocenters. The molecule has 0 amide bonds. The van der Waals surface area contributed by atoms with Crippen LogP contribution in [0.2, 0.25) is 5.02 Å². The Hall–Kier alpha value is -3.00. The van der Waals surface area contributed by atoms with Crippen LogP contribution in [0.3, 0.4) is 0 Å². The van der Waals surface area contributed by atoms with Crippen molar-refractivity contribution in [1.82, 2.24) is 4.72 Å². The van der Waals surface area contributed by atoms with Gasteiger partial charge in [0.05, 0.1) is 4.90 Å². The predicted octanol–water partition coefficient (Wildman–Crippen LogP) is 4.09. The molecule has 3 aromatic rings. The summed E-state index contributed by atoms with van der Waals surface area (Å²) in [6.45, 7) is 1.21. The zero-order chi connectivity index (χ0) is 22.4. The van der Waals surface area contributed by atoms with Crippen molar-refractivity contribution in [2.45, 2.75) is 17.9 Å². The molecular formula is C23H20ClNO5S. The third-order valence-corrected chi connectivity index (χ3v) is 6.13. The topological polar surface area (TPSA) is 89.5 Å². The zero-order valence-electron chi connectivity index (χ0n) is 16.6. The van der Waals surface area contributed by atoms with E-state index < -0.39 is 34.4 Å². The number of carbonyl (C=O) groups is 2. The van der Waals surface area contributed by atoms with Crippen molar-refractivity contribution in [2.75, 3.05) is 6.54 Å². The van der Waals surface area contributed by atoms with Gasteiger partial charge in [-0.25, -0.2) is 8.42 Å². The van der Waals surface area contributed by atoms with Crippen LogP contribution >= 0.6 is 11.6 Å². The monoisotopic (exact) mass is 457 g/mol. The molecule has 0 heterocycles. The second-order valence-corrected chi connectivity index (χ2v) is 8.99. The lowest BCUT2D eigenvalue weighted by atomic mass is 10.00. The van der Waals surface area contributed by atoms with Gasteiger partial charge in [-0.3, -0.25) is 9.59 Å². The van der Waals surface area contributed by atoms with Gasteiger partial charge in [-0.05, 0) is 31.2 Å². The molecule has 6 nitrogen and oxygen atoms in total. The second-order valence-electron chi connectivity index (χ2n) is 6.79. The van der Waals surface area contributed by atoms with Gasteiger partial charge in [0.2, 0.25) is 15.8 Å². The number of esters is 1. The fourth-order valence-electron chi connectivity index (χ4n) is 2.79. The SMILES string of the molecule is Cc1ccc(S(=O)(=O)NCC(=O)O[C@@H](C(=O)c2ccccc2)c2ccc(Cl)cc2)cc1. The summed E-state index contributed by atoms with van der Waals surface area (Å²) in [5, 5.41) is 0.465. The number of benzene rings is 3. The summed E-state index contributed by atoms with van der Waals surface area (Å²) >= 11 is 5.92. The van der Waals surface area contributed by atoms with Gasteiger partial charge in [0.1, 0.15) is 6.54 Å². The van der Waals surface area contributed by atoms with Crippen molar-refractivity contribution < 1.29 is 22.7 Å². The molecule has 0 radical (unpaired) electrons. The van der Waals surface area contributed by atoms with Gasteiger partial charge in [-0.1, -0.05) is 71.8 Å². The van der Waals surface area contributed by atoms with Gasteiger partial charge in [0.15, 0.2) is 6.10 Å². The first kappa shape index (κ1) is 22.7. The summed E-state index contributed by atoms with van der Waals surface area (Å²) in [6.07, 6.45) is -1.24. The Morgan fingerprint density at radius 1 is 0.935 bits per heavy atom. The second kappa shape index (κ2) is 9.87. The molecule has 1 N–H and O–H groups in total. The van der Waals surface area contributed by atoms with Gasteiger partial charge < -0.3 is 4.74 Å². The van der Waals surface area contributed by atoms with E-state index in [0.717, 1.165) is 5.56 Å². The first-order valence-corrected chi connectivity index (χ1v) is 11.2. The number of aryl methyl sites for hydroxylation is 1. The predicted molar refractivity (Wildman–Crippen MR) is 117 cm³/mol. The Balaban J connectivity index is 1.76. The fraction of sp³-hybridized carbons (Fsp3) is 0.130. The summed E-state index contributed by atoms with van der Waals surface area (Å²) in [4.78, 5) is 25.4. The Kier molecular flexibility index (Phi) is 7.22. The standard InChI is InChI=1S/C23H20ClNO5S/c1-16-7-13-20(14-8-16)31(28,29)25-15-21(26)30-23(18-9-11-19(24)12-10-18)22(27)17-5-3-2-4-6-17/h2-14,23,25H,15H2,1H3/t23-/m1/s1. The molecule has 160 valence electrons. The summed E-state index contributed by atoms with van der Waals surface area (Å²) in [6, 6.07) is 20.9. The molecule has 0 bridgehead atoms. The third kappa shape index (κ3) is 6.01. The summed E-state index contributed by atoms with van der Waals surface area (Å²) in [7, 11) is -3.90. The maximum atomic E-state index is 13.0. The number of carbonyl (C=O) groups excluding carboxylic acids is 2. The number of sulfonamides is 1. The van der Waals surface area contributed by atoms with Crippen molar-refractivity contribution in [3.8, 4) is 0 Å². The molecule has 0 aliphatic heterocycles. The number of rotatable bonds is 8. The fourth-order valence-corrected chi connectivity index (χ4v) is 3.89. The van der Waals surface area contributed by atoms with E-state index >= 15 is 0 Å². The van der Waals surface area contributed by atoms with Gasteiger partial charge in [-0.15, -0.1) is 0 Å². The molecule has 0 fully saturated rings. The molecule has 0 aliphatic carbocycles. The molecule has 3 rings (SSSR count). The smallest absolute Gasteiger partial charge is 0.322 e. The minimum atomic E-state index is -3.90. The van der Waals surface area contributed by atoms with Crippen LogP contribution in [0.4, 0.5) is 0 Å². The molecule has 0 aliphatic rings. The van der Waals surface area contributed by atoms with Gasteiger partial charge in [-0.2, -0.15) is 4.72 Å². The number of hydrogen-bond acceptors (Lipinski definition) is 5. The van der Waals surface area contributed by atoms with Crippen molar-refractivity contribution >= 4 is 33.4 Å². The molecule has 0 spiro atoms. The largest absolute Gasteiger partial charge is 0.448 e. The summed E-state index contributed by atoms with van der Waals surface area (Å²) in [5.41, 5.74) is 1.69. The van der Waals surface area contributed by atoms with Crippen molar-refractivity contribution in [3.05, 3.63) is 101 Å². The van der Waals surface area contributed by atoms with E-state index in [1.165, 1.54) is 12.1 Å². The maximum Gasteiger partial charge on any atom is 0.322 e. The highest BCUT2D eigenvalue weighted by molar-refractivity contribution is 7.89. The number of ketones is 1. The minimum Gasteiger partial charge on any atom is -0.448 e. The van der Waals surface area contributed by atoms with Crippen molar-refractivity contribution in [1.29, 1.82) is 0 Å². The molecule has 0 saturated carbocycles. The van der Waals surface area contributed by atoms with Crippen LogP contribution in [-0.4, -0.2) is 26.7 Å². The summed E-state index contributed by atoms with van der Waals surface area (Å²) < 4.78 is 32.4. The van der Waals surface area contributed by atoms with Crippen LogP contribution < -0.4 is 4.72 Å².